The van der Waals surface area contributed by atoms with Gasteiger partial charge in [0.1, 0.15) is 30.4 Å². The zero-order chi connectivity index (χ0) is 13.2. The van der Waals surface area contributed by atoms with Crippen molar-refractivity contribution in [2.24, 2.45) is 5.18 Å². The van der Waals surface area contributed by atoms with E-state index in [1.807, 2.05) is 11.5 Å². The monoisotopic (exact) mass is 261 g/mol. The first-order valence-electron chi connectivity index (χ1n) is 6.40. The average Bonchev–Trinajstić information content (AvgIpc) is 2.80. The molecule has 3 heterocycles. The molecule has 1 saturated heterocycles. The molecule has 1 aliphatic rings. The van der Waals surface area contributed by atoms with Gasteiger partial charge in [0, 0.05) is 6.61 Å². The normalized spacial score (nSPS) is 19.7. The van der Waals surface area contributed by atoms with E-state index in [1.54, 1.807) is 0 Å². The van der Waals surface area contributed by atoms with E-state index < -0.39 is 0 Å². The van der Waals surface area contributed by atoms with E-state index >= 15 is 0 Å². The second kappa shape index (κ2) is 5.00. The first-order chi connectivity index (χ1) is 9.31. The average molecular weight is 261 g/mol. The fraction of sp³-hybridized carbons (Fsp3) is 0.583. The SMILES string of the molecule is Cc1ncnc2c1nc(CN=O)n2C1CCCCO1. The van der Waals surface area contributed by atoms with Crippen LogP contribution >= 0.6 is 0 Å². The first kappa shape index (κ1) is 12.2. The van der Waals surface area contributed by atoms with E-state index in [2.05, 4.69) is 20.1 Å². The summed E-state index contributed by atoms with van der Waals surface area (Å²) in [5.74, 6) is 0.598. The molecule has 0 spiro atoms. The van der Waals surface area contributed by atoms with Crippen LogP contribution in [0.4, 0.5) is 0 Å². The number of nitroso groups, excluding NO2 is 1. The van der Waals surface area contributed by atoms with Gasteiger partial charge in [-0.25, -0.2) is 15.0 Å². The summed E-state index contributed by atoms with van der Waals surface area (Å²) in [5, 5.41) is 2.95. The smallest absolute Gasteiger partial charge is 0.165 e. The van der Waals surface area contributed by atoms with Gasteiger partial charge in [-0.15, -0.1) is 0 Å². The van der Waals surface area contributed by atoms with Gasteiger partial charge in [0.05, 0.1) is 5.69 Å². The summed E-state index contributed by atoms with van der Waals surface area (Å²) in [7, 11) is 0. The standard InChI is InChI=1S/C12H15N5O2/c1-8-11-12(14-7-13-8)17(9(16-11)6-15-18)10-4-2-3-5-19-10/h7,10H,2-6H2,1H3. The molecule has 7 heteroatoms. The molecule has 100 valence electrons. The number of hydrogen-bond acceptors (Lipinski definition) is 6. The molecule has 0 aliphatic carbocycles. The van der Waals surface area contributed by atoms with Crippen LogP contribution in [0.3, 0.4) is 0 Å². The van der Waals surface area contributed by atoms with Gasteiger partial charge in [0.15, 0.2) is 5.65 Å². The number of aryl methyl sites for hydroxylation is 1. The Morgan fingerprint density at radius 2 is 2.37 bits per heavy atom. The van der Waals surface area contributed by atoms with E-state index in [0.717, 1.165) is 42.7 Å². The maximum atomic E-state index is 10.6. The molecule has 19 heavy (non-hydrogen) atoms. The molecule has 2 aromatic heterocycles. The predicted molar refractivity (Wildman–Crippen MR) is 68.4 cm³/mol. The van der Waals surface area contributed by atoms with Crippen molar-refractivity contribution < 1.29 is 4.74 Å². The van der Waals surface area contributed by atoms with Crippen LogP contribution in [0.25, 0.3) is 11.2 Å². The highest BCUT2D eigenvalue weighted by Gasteiger charge is 2.23. The molecule has 1 fully saturated rings. The zero-order valence-corrected chi connectivity index (χ0v) is 10.7. The Labute approximate surface area is 110 Å². The third-order valence-electron chi connectivity index (χ3n) is 3.38. The highest BCUT2D eigenvalue weighted by molar-refractivity contribution is 5.73. The minimum atomic E-state index is -0.107. The van der Waals surface area contributed by atoms with Crippen LogP contribution in [0.5, 0.6) is 0 Å². The Morgan fingerprint density at radius 3 is 3.11 bits per heavy atom. The minimum absolute atomic E-state index is 0.0235. The van der Waals surface area contributed by atoms with Gasteiger partial charge in [0.2, 0.25) is 0 Å². The van der Waals surface area contributed by atoms with Crippen molar-refractivity contribution in [1.29, 1.82) is 0 Å². The summed E-state index contributed by atoms with van der Waals surface area (Å²) in [4.78, 5) is 23.4. The first-order valence-corrected chi connectivity index (χ1v) is 6.40. The third kappa shape index (κ3) is 2.10. The van der Waals surface area contributed by atoms with E-state index in [0.29, 0.717) is 5.82 Å². The molecule has 1 atom stereocenters. The van der Waals surface area contributed by atoms with Gasteiger partial charge < -0.3 is 4.74 Å². The van der Waals surface area contributed by atoms with Crippen molar-refractivity contribution in [1.82, 2.24) is 19.5 Å². The van der Waals surface area contributed by atoms with Gasteiger partial charge in [-0.3, -0.25) is 4.57 Å². The molecular weight excluding hydrogens is 246 g/mol. The topological polar surface area (TPSA) is 82.3 Å². The predicted octanol–water partition coefficient (Wildman–Crippen LogP) is 2.10. The molecule has 0 saturated carbocycles. The summed E-state index contributed by atoms with van der Waals surface area (Å²) < 4.78 is 7.67. The second-order valence-electron chi connectivity index (χ2n) is 4.64. The minimum Gasteiger partial charge on any atom is -0.358 e. The maximum absolute atomic E-state index is 10.6. The molecule has 0 radical (unpaired) electrons. The largest absolute Gasteiger partial charge is 0.358 e. The van der Waals surface area contributed by atoms with Crippen molar-refractivity contribution in [3.8, 4) is 0 Å². The maximum Gasteiger partial charge on any atom is 0.165 e. The number of aromatic nitrogens is 4. The van der Waals surface area contributed by atoms with Crippen molar-refractivity contribution >= 4 is 11.2 Å². The number of ether oxygens (including phenoxy) is 1. The van der Waals surface area contributed by atoms with E-state index in [9.17, 15) is 4.91 Å². The number of hydrogen-bond donors (Lipinski definition) is 0. The van der Waals surface area contributed by atoms with Gasteiger partial charge >= 0.3 is 0 Å². The Balaban J connectivity index is 2.15. The quantitative estimate of drug-likeness (QED) is 0.790. The highest BCUT2D eigenvalue weighted by atomic mass is 16.5. The van der Waals surface area contributed by atoms with Crippen LogP contribution in [-0.2, 0) is 11.3 Å². The molecule has 0 amide bonds. The van der Waals surface area contributed by atoms with Gasteiger partial charge in [0.25, 0.3) is 0 Å². The molecule has 1 aliphatic heterocycles. The van der Waals surface area contributed by atoms with Crippen LogP contribution in [0.15, 0.2) is 11.5 Å². The Hall–Kier alpha value is -1.89. The molecular formula is C12H15N5O2. The summed E-state index contributed by atoms with van der Waals surface area (Å²) in [6, 6.07) is 0. The number of nitrogens with zero attached hydrogens (tertiary/aromatic N) is 5. The Kier molecular flexibility index (Phi) is 3.20. The number of rotatable bonds is 3. The number of imidazole rings is 1. The van der Waals surface area contributed by atoms with Crippen LogP contribution in [-0.4, -0.2) is 26.1 Å². The van der Waals surface area contributed by atoms with E-state index in [1.165, 1.54) is 6.33 Å². The fourth-order valence-electron chi connectivity index (χ4n) is 2.47. The van der Waals surface area contributed by atoms with Crippen molar-refractivity contribution in [2.45, 2.75) is 39.0 Å². The summed E-state index contributed by atoms with van der Waals surface area (Å²) in [6.45, 7) is 2.62. The third-order valence-corrected chi connectivity index (χ3v) is 3.38. The molecule has 0 aromatic carbocycles. The van der Waals surface area contributed by atoms with Gasteiger partial charge in [-0.05, 0) is 26.2 Å². The zero-order valence-electron chi connectivity index (χ0n) is 10.7. The van der Waals surface area contributed by atoms with Crippen molar-refractivity contribution in [3.05, 3.63) is 22.8 Å². The fourth-order valence-corrected chi connectivity index (χ4v) is 2.47. The lowest BCUT2D eigenvalue weighted by Gasteiger charge is -2.25. The van der Waals surface area contributed by atoms with E-state index in [-0.39, 0.29) is 12.8 Å². The molecule has 7 nitrogen and oxygen atoms in total. The molecule has 0 bridgehead atoms. The van der Waals surface area contributed by atoms with Gasteiger partial charge in [-0.1, -0.05) is 5.18 Å². The lowest BCUT2D eigenvalue weighted by molar-refractivity contribution is -0.0313. The second-order valence-corrected chi connectivity index (χ2v) is 4.64. The van der Waals surface area contributed by atoms with Crippen LogP contribution in [0, 0.1) is 11.8 Å². The Bertz CT molecular complexity index is 603. The highest BCUT2D eigenvalue weighted by Crippen LogP contribution is 2.28. The van der Waals surface area contributed by atoms with Gasteiger partial charge in [-0.2, -0.15) is 4.91 Å². The van der Waals surface area contributed by atoms with Crippen LogP contribution in [0.2, 0.25) is 0 Å². The summed E-state index contributed by atoms with van der Waals surface area (Å²) in [5.41, 5.74) is 2.24. The molecule has 0 N–H and O–H groups in total. The Morgan fingerprint density at radius 1 is 1.47 bits per heavy atom. The summed E-state index contributed by atoms with van der Waals surface area (Å²) >= 11 is 0. The van der Waals surface area contributed by atoms with Crippen molar-refractivity contribution in [3.63, 3.8) is 0 Å². The molecule has 3 rings (SSSR count). The lowest BCUT2D eigenvalue weighted by atomic mass is 10.2. The lowest BCUT2D eigenvalue weighted by Crippen LogP contribution is -2.20. The molecule has 2 aromatic rings. The van der Waals surface area contributed by atoms with Crippen molar-refractivity contribution in [2.75, 3.05) is 6.61 Å². The van der Waals surface area contributed by atoms with Crippen LogP contribution in [0.1, 0.15) is 37.0 Å². The number of fused-ring (bicyclic) bond motifs is 1. The molecule has 1 unspecified atom stereocenters. The van der Waals surface area contributed by atoms with E-state index in [4.69, 9.17) is 4.74 Å². The summed E-state index contributed by atoms with van der Waals surface area (Å²) in [6.07, 6.45) is 4.47. The van der Waals surface area contributed by atoms with Crippen LogP contribution < -0.4 is 0 Å².